The number of sulfonamides is 1. The van der Waals surface area contributed by atoms with Gasteiger partial charge in [-0.15, -0.1) is 0 Å². The highest BCUT2D eigenvalue weighted by Crippen LogP contribution is 2.25. The van der Waals surface area contributed by atoms with Crippen LogP contribution in [-0.2, 0) is 10.0 Å². The van der Waals surface area contributed by atoms with E-state index in [1.165, 1.54) is 49.6 Å². The van der Waals surface area contributed by atoms with Crippen molar-refractivity contribution >= 4 is 56.2 Å². The number of nitrogens with one attached hydrogen (secondary N) is 2. The van der Waals surface area contributed by atoms with Crippen molar-refractivity contribution in [3.63, 3.8) is 0 Å². The van der Waals surface area contributed by atoms with Gasteiger partial charge >= 0.3 is 0 Å². The third kappa shape index (κ3) is 5.99. The summed E-state index contributed by atoms with van der Waals surface area (Å²) in [6, 6.07) is 17.9. The van der Waals surface area contributed by atoms with Crippen LogP contribution in [0.3, 0.4) is 0 Å². The van der Waals surface area contributed by atoms with E-state index in [4.69, 9.17) is 23.2 Å². The average Bonchev–Trinajstić information content (AvgIpc) is 2.79. The summed E-state index contributed by atoms with van der Waals surface area (Å²) in [6.07, 6.45) is 3.65. The van der Waals surface area contributed by atoms with Gasteiger partial charge in [0.05, 0.1) is 10.6 Å². The fraction of sp³-hybridized carbons (Fsp3) is 0.208. The van der Waals surface area contributed by atoms with Crippen LogP contribution in [0.15, 0.2) is 71.6 Å². The average molecular weight is 504 g/mol. The summed E-state index contributed by atoms with van der Waals surface area (Å²) in [6.45, 7) is 2.08. The number of hydrogen-bond donors (Lipinski definition) is 2. The molecule has 0 saturated carbocycles. The van der Waals surface area contributed by atoms with Crippen LogP contribution in [0.2, 0.25) is 10.0 Å². The Bertz CT molecular complexity index is 1220. The van der Waals surface area contributed by atoms with Crippen LogP contribution >= 0.6 is 23.2 Å². The van der Waals surface area contributed by atoms with Crippen LogP contribution in [0, 0.1) is 0 Å². The van der Waals surface area contributed by atoms with E-state index < -0.39 is 10.0 Å². The van der Waals surface area contributed by atoms with Gasteiger partial charge in [-0.1, -0.05) is 23.2 Å². The predicted octanol–water partition coefficient (Wildman–Crippen LogP) is 6.04. The van der Waals surface area contributed by atoms with Crippen molar-refractivity contribution in [1.82, 2.24) is 0 Å². The molecule has 0 aromatic heterocycles. The molecule has 0 spiro atoms. The molecule has 0 atom stereocenters. The summed E-state index contributed by atoms with van der Waals surface area (Å²) in [7, 11) is -3.84. The Morgan fingerprint density at radius 3 is 2.00 bits per heavy atom. The minimum absolute atomic E-state index is 0.0440. The maximum atomic E-state index is 12.7. The standard InChI is InChI=1S/C24H23Cl2N3O3S/c25-18-14-19(26)16-21(15-18)28-33(31,32)23-10-6-20(7-11-23)27-24(30)17-4-8-22(9-5-17)29-12-2-1-3-13-29/h4-11,14-16,28H,1-3,12-13H2,(H,27,30). The number of hydrogen-bond acceptors (Lipinski definition) is 4. The van der Waals surface area contributed by atoms with E-state index in [2.05, 4.69) is 14.9 Å². The van der Waals surface area contributed by atoms with Crippen molar-refractivity contribution in [3.05, 3.63) is 82.3 Å². The highest BCUT2D eigenvalue weighted by atomic mass is 35.5. The molecular weight excluding hydrogens is 481 g/mol. The lowest BCUT2D eigenvalue weighted by Gasteiger charge is -2.28. The van der Waals surface area contributed by atoms with Gasteiger partial charge in [-0.05, 0) is 86.0 Å². The van der Waals surface area contributed by atoms with Crippen LogP contribution in [0.1, 0.15) is 29.6 Å². The third-order valence-corrected chi connectivity index (χ3v) is 7.22. The van der Waals surface area contributed by atoms with Crippen molar-refractivity contribution in [3.8, 4) is 0 Å². The van der Waals surface area contributed by atoms with Crippen LogP contribution in [-0.4, -0.2) is 27.4 Å². The monoisotopic (exact) mass is 503 g/mol. The second kappa shape index (κ2) is 10.0. The van der Waals surface area contributed by atoms with Gasteiger partial charge in [-0.25, -0.2) is 8.42 Å². The molecule has 33 heavy (non-hydrogen) atoms. The van der Waals surface area contributed by atoms with E-state index in [1.54, 1.807) is 24.3 Å². The van der Waals surface area contributed by atoms with Gasteiger partial charge in [0, 0.05) is 40.1 Å². The summed E-state index contributed by atoms with van der Waals surface area (Å²) in [5.74, 6) is -0.262. The fourth-order valence-corrected chi connectivity index (χ4v) is 5.29. The predicted molar refractivity (Wildman–Crippen MR) is 134 cm³/mol. The molecule has 6 nitrogen and oxygen atoms in total. The van der Waals surface area contributed by atoms with Crippen molar-refractivity contribution < 1.29 is 13.2 Å². The number of amides is 1. The first-order valence-corrected chi connectivity index (χ1v) is 12.8. The molecule has 0 radical (unpaired) electrons. The number of nitrogens with zero attached hydrogens (tertiary/aromatic N) is 1. The van der Waals surface area contributed by atoms with Crippen molar-refractivity contribution in [1.29, 1.82) is 0 Å². The van der Waals surface area contributed by atoms with Gasteiger partial charge in [0.25, 0.3) is 15.9 Å². The Kier molecular flexibility index (Phi) is 7.12. The van der Waals surface area contributed by atoms with Crippen LogP contribution in [0.25, 0.3) is 0 Å². The smallest absolute Gasteiger partial charge is 0.261 e. The first-order valence-electron chi connectivity index (χ1n) is 10.6. The highest BCUT2D eigenvalue weighted by Gasteiger charge is 2.16. The van der Waals surface area contributed by atoms with Gasteiger partial charge in [-0.2, -0.15) is 0 Å². The van der Waals surface area contributed by atoms with Crippen molar-refractivity contribution in [2.45, 2.75) is 24.2 Å². The van der Waals surface area contributed by atoms with Gasteiger partial charge in [0.2, 0.25) is 0 Å². The maximum Gasteiger partial charge on any atom is 0.261 e. The molecule has 1 aliphatic rings. The maximum absolute atomic E-state index is 12.7. The molecule has 1 amide bonds. The zero-order valence-corrected chi connectivity index (χ0v) is 20.1. The molecule has 172 valence electrons. The molecule has 9 heteroatoms. The normalized spacial score (nSPS) is 14.1. The van der Waals surface area contributed by atoms with E-state index in [-0.39, 0.29) is 16.5 Å². The van der Waals surface area contributed by atoms with E-state index in [0.29, 0.717) is 21.3 Å². The zero-order chi connectivity index (χ0) is 23.4. The van der Waals surface area contributed by atoms with Gasteiger partial charge in [-0.3, -0.25) is 9.52 Å². The largest absolute Gasteiger partial charge is 0.372 e. The number of anilines is 3. The summed E-state index contributed by atoms with van der Waals surface area (Å²) < 4.78 is 27.8. The molecule has 3 aromatic carbocycles. The number of halogens is 2. The first kappa shape index (κ1) is 23.4. The number of carbonyl (C=O) groups excluding carboxylic acids is 1. The first-order chi connectivity index (χ1) is 15.8. The fourth-order valence-electron chi connectivity index (χ4n) is 3.72. The van der Waals surface area contributed by atoms with Crippen molar-refractivity contribution in [2.24, 2.45) is 0 Å². The topological polar surface area (TPSA) is 78.5 Å². The molecule has 0 unspecified atom stereocenters. The second-order valence-electron chi connectivity index (χ2n) is 7.84. The summed E-state index contributed by atoms with van der Waals surface area (Å²) in [5.41, 5.74) is 2.41. The number of rotatable bonds is 6. The molecule has 4 rings (SSSR count). The zero-order valence-electron chi connectivity index (χ0n) is 17.7. The van der Waals surface area contributed by atoms with Crippen LogP contribution < -0.4 is 14.9 Å². The molecule has 1 heterocycles. The number of carbonyl (C=O) groups is 1. The third-order valence-electron chi connectivity index (χ3n) is 5.39. The molecule has 0 aliphatic carbocycles. The number of benzene rings is 3. The number of piperidine rings is 1. The molecular formula is C24H23Cl2N3O3S. The highest BCUT2D eigenvalue weighted by molar-refractivity contribution is 7.92. The molecule has 1 saturated heterocycles. The Balaban J connectivity index is 1.41. The van der Waals surface area contributed by atoms with Crippen LogP contribution in [0.5, 0.6) is 0 Å². The Morgan fingerprint density at radius 1 is 0.788 bits per heavy atom. The lowest BCUT2D eigenvalue weighted by Crippen LogP contribution is -2.29. The lowest BCUT2D eigenvalue weighted by molar-refractivity contribution is 0.102. The summed E-state index contributed by atoms with van der Waals surface area (Å²) in [5, 5.41) is 3.44. The van der Waals surface area contributed by atoms with E-state index in [9.17, 15) is 13.2 Å². The SMILES string of the molecule is O=C(Nc1ccc(S(=O)(=O)Nc2cc(Cl)cc(Cl)c2)cc1)c1ccc(N2CCCCC2)cc1. The molecule has 3 aromatic rings. The lowest BCUT2D eigenvalue weighted by atomic mass is 10.1. The Labute approximate surface area is 203 Å². The minimum Gasteiger partial charge on any atom is -0.372 e. The van der Waals surface area contributed by atoms with Crippen LogP contribution in [0.4, 0.5) is 17.1 Å². The van der Waals surface area contributed by atoms with E-state index >= 15 is 0 Å². The second-order valence-corrected chi connectivity index (χ2v) is 10.4. The molecule has 1 aliphatic heterocycles. The minimum atomic E-state index is -3.84. The Morgan fingerprint density at radius 2 is 1.39 bits per heavy atom. The van der Waals surface area contributed by atoms with Gasteiger partial charge < -0.3 is 10.2 Å². The van der Waals surface area contributed by atoms with E-state index in [0.717, 1.165) is 18.8 Å². The Hall–Kier alpha value is -2.74. The molecule has 0 bridgehead atoms. The van der Waals surface area contributed by atoms with Crippen molar-refractivity contribution in [2.75, 3.05) is 28.0 Å². The quantitative estimate of drug-likeness (QED) is 0.429. The van der Waals surface area contributed by atoms with E-state index in [1.807, 2.05) is 12.1 Å². The molecule has 1 fully saturated rings. The summed E-state index contributed by atoms with van der Waals surface area (Å²) in [4.78, 5) is 15.0. The van der Waals surface area contributed by atoms with Gasteiger partial charge in [0.1, 0.15) is 0 Å². The molecule has 2 N–H and O–H groups in total. The summed E-state index contributed by atoms with van der Waals surface area (Å²) >= 11 is 11.9. The van der Waals surface area contributed by atoms with Gasteiger partial charge in [0.15, 0.2) is 0 Å².